The van der Waals surface area contributed by atoms with Crippen LogP contribution in [0.5, 0.6) is 11.5 Å². The molecule has 0 saturated heterocycles. The molecular weight excluding hydrogens is 533 g/mol. The third kappa shape index (κ3) is 8.27. The second kappa shape index (κ2) is 14.1. The first-order valence-electron chi connectivity index (χ1n) is 13.4. The summed E-state index contributed by atoms with van der Waals surface area (Å²) in [7, 11) is 1.55. The lowest BCUT2D eigenvalue weighted by atomic mass is 9.90. The van der Waals surface area contributed by atoms with Gasteiger partial charge in [0, 0.05) is 36.6 Å². The van der Waals surface area contributed by atoms with E-state index >= 15 is 4.39 Å². The van der Waals surface area contributed by atoms with Gasteiger partial charge in [0.25, 0.3) is 0 Å². The Balaban J connectivity index is 1.85. The van der Waals surface area contributed by atoms with Crippen molar-refractivity contribution in [2.45, 2.75) is 45.8 Å². The van der Waals surface area contributed by atoms with Crippen molar-refractivity contribution in [3.63, 3.8) is 0 Å². The van der Waals surface area contributed by atoms with Gasteiger partial charge < -0.3 is 34.6 Å². The molecule has 1 aliphatic heterocycles. The van der Waals surface area contributed by atoms with E-state index in [1.807, 2.05) is 6.92 Å². The van der Waals surface area contributed by atoms with E-state index in [0.717, 1.165) is 12.6 Å². The number of anilines is 1. The van der Waals surface area contributed by atoms with Gasteiger partial charge in [-0.25, -0.2) is 9.18 Å². The summed E-state index contributed by atoms with van der Waals surface area (Å²) in [6.07, 6.45) is 1.34. The zero-order valence-electron chi connectivity index (χ0n) is 24.0. The van der Waals surface area contributed by atoms with Crippen molar-refractivity contribution < 1.29 is 38.4 Å². The molecule has 0 fully saturated rings. The number of ether oxygens (including phenoxy) is 3. The highest BCUT2D eigenvalue weighted by Gasteiger charge is 2.32. The minimum absolute atomic E-state index is 0.0657. The zero-order chi connectivity index (χ0) is 30.2. The molecule has 2 amide bonds. The number of carbonyl (C=O) groups is 2. The fraction of sp³-hybridized carbons (Fsp3) is 0.433. The fourth-order valence-corrected chi connectivity index (χ4v) is 4.17. The van der Waals surface area contributed by atoms with Crippen LogP contribution in [-0.2, 0) is 9.53 Å². The number of nitrogens with zero attached hydrogens (tertiary/aromatic N) is 2. The quantitative estimate of drug-likeness (QED) is 0.342. The van der Waals surface area contributed by atoms with Crippen molar-refractivity contribution >= 4 is 29.5 Å². The monoisotopic (exact) mass is 571 g/mol. The molecule has 0 aliphatic carbocycles. The maximum Gasteiger partial charge on any atom is 0.433 e. The van der Waals surface area contributed by atoms with Crippen LogP contribution in [0, 0.1) is 11.7 Å². The van der Waals surface area contributed by atoms with Gasteiger partial charge in [-0.05, 0) is 57.0 Å². The average molecular weight is 572 g/mol. The van der Waals surface area contributed by atoms with Crippen molar-refractivity contribution in [1.29, 1.82) is 0 Å². The molecule has 1 aliphatic rings. The predicted molar refractivity (Wildman–Crippen MR) is 154 cm³/mol. The number of carbonyl (C=O) groups excluding carboxylic acids is 2. The van der Waals surface area contributed by atoms with E-state index in [4.69, 9.17) is 14.2 Å². The van der Waals surface area contributed by atoms with E-state index in [-0.39, 0.29) is 18.7 Å². The van der Waals surface area contributed by atoms with E-state index in [2.05, 4.69) is 10.3 Å². The molecule has 3 rings (SSSR count). The van der Waals surface area contributed by atoms with E-state index in [0.29, 0.717) is 34.9 Å². The van der Waals surface area contributed by atoms with Crippen LogP contribution in [0.15, 0.2) is 47.6 Å². The summed E-state index contributed by atoms with van der Waals surface area (Å²) < 4.78 is 31.4. The van der Waals surface area contributed by atoms with Crippen molar-refractivity contribution in [3.8, 4) is 11.5 Å². The van der Waals surface area contributed by atoms with Gasteiger partial charge in [-0.3, -0.25) is 4.79 Å². The van der Waals surface area contributed by atoms with Gasteiger partial charge >= 0.3 is 6.09 Å². The average Bonchev–Trinajstić information content (AvgIpc) is 2.93. The maximum absolute atomic E-state index is 15.2. The van der Waals surface area contributed by atoms with Crippen molar-refractivity contribution in [3.05, 3.63) is 59.5 Å². The smallest absolute Gasteiger partial charge is 0.433 e. The topological polar surface area (TPSA) is 130 Å². The molecule has 0 radical (unpaired) electrons. The number of fused-ring (bicyclic) bond motifs is 1. The summed E-state index contributed by atoms with van der Waals surface area (Å²) >= 11 is 0. The molecule has 0 bridgehead atoms. The Bertz CT molecular complexity index is 1270. The molecule has 10 nitrogen and oxygen atoms in total. The number of nitrogens with one attached hydrogen (secondary N) is 1. The highest BCUT2D eigenvalue weighted by molar-refractivity contribution is 5.96. The van der Waals surface area contributed by atoms with Crippen molar-refractivity contribution in [1.82, 2.24) is 5.32 Å². The first-order valence-corrected chi connectivity index (χ1v) is 13.4. The van der Waals surface area contributed by atoms with Gasteiger partial charge in [0.15, 0.2) is 0 Å². The van der Waals surface area contributed by atoms with Gasteiger partial charge in [-0.2, -0.15) is 4.99 Å². The van der Waals surface area contributed by atoms with E-state index in [1.54, 1.807) is 63.2 Å². The molecule has 0 spiro atoms. The Morgan fingerprint density at radius 3 is 2.51 bits per heavy atom. The van der Waals surface area contributed by atoms with Gasteiger partial charge in [-0.1, -0.05) is 19.1 Å². The summed E-state index contributed by atoms with van der Waals surface area (Å²) in [5.41, 5.74) is 0.798. The summed E-state index contributed by atoms with van der Waals surface area (Å²) in [6.45, 7) is 7.10. The van der Waals surface area contributed by atoms with Gasteiger partial charge in [0.05, 0.1) is 31.9 Å². The lowest BCUT2D eigenvalue weighted by molar-refractivity contribution is -0.123. The first-order chi connectivity index (χ1) is 19.5. The number of methoxy groups -OCH3 is 1. The normalized spacial score (nSPS) is 15.7. The molecule has 2 aromatic carbocycles. The molecule has 2 atom stereocenters. The van der Waals surface area contributed by atoms with Gasteiger partial charge in [0.1, 0.15) is 29.0 Å². The highest BCUT2D eigenvalue weighted by atomic mass is 19.1. The number of halogens is 1. The lowest BCUT2D eigenvalue weighted by Gasteiger charge is -2.34. The molecule has 2 unspecified atom stereocenters. The maximum atomic E-state index is 15.2. The molecule has 222 valence electrons. The summed E-state index contributed by atoms with van der Waals surface area (Å²) in [4.78, 5) is 29.9. The molecule has 2 aromatic rings. The lowest BCUT2D eigenvalue weighted by Crippen LogP contribution is -2.39. The summed E-state index contributed by atoms with van der Waals surface area (Å²) in [5.74, 6) is -1.20. The Hall–Kier alpha value is -3.96. The van der Waals surface area contributed by atoms with Crippen molar-refractivity contribution in [2.24, 2.45) is 10.9 Å². The molecule has 1 heterocycles. The first kappa shape index (κ1) is 31.6. The van der Waals surface area contributed by atoms with Crippen LogP contribution in [0.2, 0.25) is 0 Å². The van der Waals surface area contributed by atoms with E-state index < -0.39 is 42.0 Å². The highest BCUT2D eigenvalue weighted by Crippen LogP contribution is 2.46. The summed E-state index contributed by atoms with van der Waals surface area (Å²) in [6, 6.07) is 9.80. The predicted octanol–water partition coefficient (Wildman–Crippen LogP) is 4.25. The number of aliphatic hydroxyl groups excluding tert-OH is 2. The van der Waals surface area contributed by atoms with Crippen LogP contribution < -0.4 is 19.7 Å². The largest absolute Gasteiger partial charge is 0.497 e. The van der Waals surface area contributed by atoms with Crippen molar-refractivity contribution in [2.75, 3.05) is 38.3 Å². The van der Waals surface area contributed by atoms with Crippen LogP contribution in [0.25, 0.3) is 5.57 Å². The Labute approximate surface area is 239 Å². The standard InChI is InChI=1S/C30H38FN3O7/c1-6-15-40-24-12-11-23(31)25-26(24)34(17-22(27(25)36)19-7-9-21(39-5)10-8-19)14-13-32-28(37)20(18-35)16-33-29(38)41-30(2,3)4/h7-12,16-17,20,27,35-36H,6,13-15,18H2,1-5H3,(H,32,37). The van der Waals surface area contributed by atoms with E-state index in [9.17, 15) is 19.8 Å². The second-order valence-corrected chi connectivity index (χ2v) is 10.4. The number of aliphatic hydroxyl groups is 2. The van der Waals surface area contributed by atoms with Gasteiger partial charge in [-0.15, -0.1) is 0 Å². The van der Waals surface area contributed by atoms with Crippen LogP contribution in [0.4, 0.5) is 14.9 Å². The number of rotatable bonds is 11. The zero-order valence-corrected chi connectivity index (χ0v) is 24.0. The van der Waals surface area contributed by atoms with E-state index in [1.165, 1.54) is 12.1 Å². The van der Waals surface area contributed by atoms with Crippen LogP contribution in [-0.4, -0.2) is 67.4 Å². The molecule has 0 aromatic heterocycles. The second-order valence-electron chi connectivity index (χ2n) is 10.4. The number of amides is 2. The van der Waals surface area contributed by atoms with Crippen LogP contribution in [0.3, 0.4) is 0 Å². The summed E-state index contributed by atoms with van der Waals surface area (Å²) in [5, 5.41) is 23.7. The molecular formula is C30H38FN3O7. The molecule has 41 heavy (non-hydrogen) atoms. The molecule has 3 N–H and O–H groups in total. The Morgan fingerprint density at radius 1 is 1.20 bits per heavy atom. The van der Waals surface area contributed by atoms with Crippen LogP contribution >= 0.6 is 0 Å². The van der Waals surface area contributed by atoms with Crippen LogP contribution in [0.1, 0.15) is 51.3 Å². The minimum Gasteiger partial charge on any atom is -0.497 e. The fourth-order valence-electron chi connectivity index (χ4n) is 4.17. The third-order valence-electron chi connectivity index (χ3n) is 6.10. The molecule has 11 heteroatoms. The number of hydrogen-bond donors (Lipinski definition) is 3. The third-order valence-corrected chi connectivity index (χ3v) is 6.10. The Kier molecular flexibility index (Phi) is 10.8. The Morgan fingerprint density at radius 2 is 1.90 bits per heavy atom. The number of benzene rings is 2. The minimum atomic E-state index is -1.27. The number of aliphatic imine (C=N–C) groups is 1. The number of hydrogen-bond acceptors (Lipinski definition) is 8. The van der Waals surface area contributed by atoms with Gasteiger partial charge in [0.2, 0.25) is 5.91 Å². The SMILES string of the molecule is CCCOc1ccc(F)c2c1N(CCNC(=O)C(C=NC(=O)OC(C)(C)C)CO)C=C(c1ccc(OC)cc1)C2O. The molecule has 0 saturated carbocycles.